The summed E-state index contributed by atoms with van der Waals surface area (Å²) in [7, 11) is -3.65. The topological polar surface area (TPSA) is 89.5 Å². The van der Waals surface area contributed by atoms with Gasteiger partial charge in [-0.25, -0.2) is 13.1 Å². The molecule has 0 radical (unpaired) electrons. The van der Waals surface area contributed by atoms with Crippen LogP contribution in [-0.2, 0) is 10.0 Å². The van der Waals surface area contributed by atoms with E-state index in [1.165, 1.54) is 55.4 Å². The van der Waals surface area contributed by atoms with E-state index >= 15 is 0 Å². The Morgan fingerprint density at radius 3 is 2.34 bits per heavy atom. The van der Waals surface area contributed by atoms with Crippen molar-refractivity contribution in [2.75, 3.05) is 4.90 Å². The fourth-order valence-electron chi connectivity index (χ4n) is 11.6. The highest BCUT2D eigenvalue weighted by atomic mass is 32.2. The van der Waals surface area contributed by atoms with Crippen molar-refractivity contribution >= 4 is 21.8 Å². The number of hydrogen-bond donors (Lipinski definition) is 1. The Hall–Kier alpha value is -1.86. The van der Waals surface area contributed by atoms with Gasteiger partial charge in [-0.05, 0) is 135 Å². The number of amides is 1. The first-order valence-electron chi connectivity index (χ1n) is 19.2. The minimum absolute atomic E-state index is 0.0239. The van der Waals surface area contributed by atoms with Gasteiger partial charge in [-0.1, -0.05) is 84.8 Å². The summed E-state index contributed by atoms with van der Waals surface area (Å²) in [5, 5.41) is 12.6. The lowest BCUT2D eigenvalue weighted by Crippen LogP contribution is -2.54. The van der Waals surface area contributed by atoms with Crippen LogP contribution in [0.15, 0.2) is 40.8 Å². The molecule has 0 spiro atoms. The van der Waals surface area contributed by atoms with Crippen molar-refractivity contribution in [3.8, 4) is 0 Å². The van der Waals surface area contributed by atoms with Crippen LogP contribution in [0.25, 0.3) is 0 Å². The number of sulfonamides is 1. The third-order valence-electron chi connectivity index (χ3n) is 14.2. The molecule has 47 heavy (non-hydrogen) atoms. The van der Waals surface area contributed by atoms with Crippen LogP contribution in [0.2, 0.25) is 0 Å². The average molecular weight is 666 g/mol. The van der Waals surface area contributed by atoms with E-state index in [-0.39, 0.29) is 22.4 Å². The van der Waals surface area contributed by atoms with Gasteiger partial charge in [0.15, 0.2) is 0 Å². The third kappa shape index (κ3) is 6.83. The summed E-state index contributed by atoms with van der Waals surface area (Å²) in [4.78, 5) is 14.2. The van der Waals surface area contributed by atoms with Gasteiger partial charge < -0.3 is 14.8 Å². The molecule has 262 valence electrons. The van der Waals surface area contributed by atoms with Crippen LogP contribution in [0.5, 0.6) is 0 Å². The summed E-state index contributed by atoms with van der Waals surface area (Å²) in [5.41, 5.74) is 2.52. The second-order valence-corrected chi connectivity index (χ2v) is 19.0. The Morgan fingerprint density at radius 1 is 0.936 bits per heavy atom. The lowest BCUT2D eigenvalue weighted by atomic mass is 9.46. The molecule has 1 N–H and O–H groups in total. The van der Waals surface area contributed by atoms with E-state index in [2.05, 4.69) is 45.4 Å². The van der Waals surface area contributed by atoms with Crippen LogP contribution in [-0.4, -0.2) is 26.6 Å². The van der Waals surface area contributed by atoms with Gasteiger partial charge in [0.05, 0.1) is 4.90 Å². The Kier molecular flexibility index (Phi) is 10.3. The molecule has 0 aromatic heterocycles. The molecule has 1 aromatic rings. The van der Waals surface area contributed by atoms with Crippen molar-refractivity contribution in [1.29, 1.82) is 0 Å². The van der Waals surface area contributed by atoms with E-state index in [0.29, 0.717) is 17.0 Å². The minimum atomic E-state index is -3.65. The minimum Gasteiger partial charge on any atom is -0.530 e. The first kappa shape index (κ1) is 35.0. The van der Waals surface area contributed by atoms with E-state index in [9.17, 15) is 18.3 Å². The number of benzene rings is 1. The Balaban J connectivity index is 1.14. The highest BCUT2D eigenvalue weighted by molar-refractivity contribution is 7.89. The molecule has 1 amide bonds. The van der Waals surface area contributed by atoms with E-state index in [4.69, 9.17) is 0 Å². The summed E-state index contributed by atoms with van der Waals surface area (Å²) in [5.74, 6) is 4.65. The molecule has 8 atom stereocenters. The maximum Gasteiger partial charge on any atom is 0.240 e. The van der Waals surface area contributed by atoms with Gasteiger partial charge in [0, 0.05) is 17.8 Å². The predicted octanol–water partition coefficient (Wildman–Crippen LogP) is 8.86. The van der Waals surface area contributed by atoms with Crippen molar-refractivity contribution in [1.82, 2.24) is 4.72 Å². The van der Waals surface area contributed by atoms with Crippen molar-refractivity contribution in [2.24, 2.45) is 46.3 Å². The van der Waals surface area contributed by atoms with Crippen molar-refractivity contribution < 1.29 is 18.3 Å². The van der Waals surface area contributed by atoms with Crippen LogP contribution in [0.1, 0.15) is 137 Å². The van der Waals surface area contributed by atoms with Crippen LogP contribution < -0.4 is 14.7 Å². The molecule has 4 saturated carbocycles. The van der Waals surface area contributed by atoms with Crippen LogP contribution in [0.3, 0.4) is 0 Å². The molecule has 1 aromatic carbocycles. The Labute approximate surface area is 285 Å². The van der Waals surface area contributed by atoms with Crippen LogP contribution in [0, 0.1) is 46.3 Å². The number of nitrogens with one attached hydrogen (secondary N) is 1. The zero-order valence-corrected chi connectivity index (χ0v) is 30.6. The van der Waals surface area contributed by atoms with Gasteiger partial charge in [-0.2, -0.15) is 0 Å². The lowest BCUT2D eigenvalue weighted by Gasteiger charge is -2.59. The Morgan fingerprint density at radius 2 is 1.66 bits per heavy atom. The number of anilines is 1. The molecular weight excluding hydrogens is 605 g/mol. The summed E-state index contributed by atoms with van der Waals surface area (Å²) < 4.78 is 29.0. The monoisotopic (exact) mass is 665 g/mol. The fourth-order valence-corrected chi connectivity index (χ4v) is 13.0. The zero-order chi connectivity index (χ0) is 33.6. The number of nitrogens with zero attached hydrogens (tertiary/aromatic N) is 1. The number of carbonyl (C=O) groups excluding carboxylic acids is 1. The smallest absolute Gasteiger partial charge is 0.240 e. The molecule has 4 fully saturated rings. The van der Waals surface area contributed by atoms with E-state index in [1.807, 2.05) is 0 Å². The fraction of sp³-hybridized carbons (Fsp3) is 0.775. The standard InChI is InChI=1S/C40H62N2O4S/c1-27(2)10-9-11-28(3)35-20-21-36-34-19-14-29-26-32(22-24-39(29,4)37(34)23-25-40(35,36)5)42(38(43)44)31-15-17-33(18-16-31)47(45,46)41-30-12-7-6-8-13-30/h14-18,27-28,30,32,34-37,41H,6-13,19-26H2,1-5H3,(H,43,44)/p-1/t28-,32?,34+,35-,36+,37+,39+,40-/m1/s1. The molecule has 6 nitrogen and oxygen atoms in total. The first-order chi connectivity index (χ1) is 22.3. The predicted molar refractivity (Wildman–Crippen MR) is 188 cm³/mol. The van der Waals surface area contributed by atoms with Gasteiger partial charge in [-0.3, -0.25) is 0 Å². The van der Waals surface area contributed by atoms with E-state index < -0.39 is 16.1 Å². The highest BCUT2D eigenvalue weighted by Crippen LogP contribution is 2.67. The van der Waals surface area contributed by atoms with Crippen LogP contribution in [0.4, 0.5) is 10.5 Å². The average Bonchev–Trinajstić information content (AvgIpc) is 3.39. The molecule has 5 aliphatic carbocycles. The normalized spacial score (nSPS) is 35.0. The molecule has 0 bridgehead atoms. The number of hydrogen-bond acceptors (Lipinski definition) is 4. The quantitative estimate of drug-likeness (QED) is 0.253. The maximum atomic E-state index is 13.1. The van der Waals surface area contributed by atoms with Gasteiger partial charge in [0.2, 0.25) is 10.0 Å². The second-order valence-electron chi connectivity index (χ2n) is 17.3. The van der Waals surface area contributed by atoms with Crippen molar-refractivity contribution in [3.63, 3.8) is 0 Å². The zero-order valence-electron chi connectivity index (χ0n) is 29.8. The molecule has 0 saturated heterocycles. The Bertz CT molecular complexity index is 1400. The van der Waals surface area contributed by atoms with Gasteiger partial charge in [0.1, 0.15) is 6.09 Å². The largest absolute Gasteiger partial charge is 0.530 e. The summed E-state index contributed by atoms with van der Waals surface area (Å²) in [6, 6.07) is 6.17. The lowest BCUT2D eigenvalue weighted by molar-refractivity contribution is -0.247. The number of allylic oxidation sites excluding steroid dienone is 1. The molecule has 0 heterocycles. The first-order valence-corrected chi connectivity index (χ1v) is 20.6. The van der Waals surface area contributed by atoms with Crippen LogP contribution >= 0.6 is 0 Å². The number of rotatable bonds is 10. The second kappa shape index (κ2) is 13.8. The van der Waals surface area contributed by atoms with Crippen molar-refractivity contribution in [2.45, 2.75) is 154 Å². The number of carboxylic acid groups (broad SMARTS) is 1. The highest BCUT2D eigenvalue weighted by Gasteiger charge is 2.59. The summed E-state index contributed by atoms with van der Waals surface area (Å²) in [6.45, 7) is 12.4. The van der Waals surface area contributed by atoms with E-state index in [0.717, 1.165) is 87.4 Å². The molecule has 7 heteroatoms. The summed E-state index contributed by atoms with van der Waals surface area (Å²) in [6.07, 6.45) is 19.4. The third-order valence-corrected chi connectivity index (χ3v) is 15.7. The molecule has 0 aliphatic heterocycles. The molecule has 1 unspecified atom stereocenters. The van der Waals surface area contributed by atoms with Gasteiger partial charge in [-0.15, -0.1) is 0 Å². The van der Waals surface area contributed by atoms with Gasteiger partial charge >= 0.3 is 0 Å². The number of fused-ring (bicyclic) bond motifs is 5. The molecular formula is C40H61N2O4S-. The maximum absolute atomic E-state index is 13.1. The van der Waals surface area contributed by atoms with Crippen molar-refractivity contribution in [3.05, 3.63) is 35.9 Å². The number of carbonyl (C=O) groups is 1. The summed E-state index contributed by atoms with van der Waals surface area (Å²) >= 11 is 0. The molecule has 5 aliphatic rings. The molecule has 6 rings (SSSR count). The SMILES string of the molecule is CC(C)CCC[C@@H](C)[C@H]1CC[C@H]2[C@@H]3CC=C4CC(N(C(=O)[O-])c5ccc(S(=O)(=O)NC6CCCCC6)cc5)CC[C@]4(C)[C@H]3CC[C@]12C. The van der Waals surface area contributed by atoms with E-state index in [1.54, 1.807) is 24.3 Å². The van der Waals surface area contributed by atoms with Gasteiger partial charge in [0.25, 0.3) is 0 Å².